The Labute approximate surface area is 141 Å². The van der Waals surface area contributed by atoms with Gasteiger partial charge in [0, 0.05) is 10.7 Å². The highest BCUT2D eigenvalue weighted by Crippen LogP contribution is 2.21. The number of amides is 2. The summed E-state index contributed by atoms with van der Waals surface area (Å²) >= 11 is 5.90. The van der Waals surface area contributed by atoms with E-state index < -0.39 is 0 Å². The lowest BCUT2D eigenvalue weighted by Gasteiger charge is -2.11. The summed E-state index contributed by atoms with van der Waals surface area (Å²) in [6.07, 6.45) is 0.980. The van der Waals surface area contributed by atoms with Crippen LogP contribution in [0.5, 0.6) is 5.75 Å². The molecule has 0 unspecified atom stereocenters. The van der Waals surface area contributed by atoms with Crippen LogP contribution in [0.2, 0.25) is 5.02 Å². The van der Waals surface area contributed by atoms with E-state index in [0.717, 1.165) is 23.4 Å². The zero-order chi connectivity index (χ0) is 16.7. The number of benzene rings is 2. The Balaban J connectivity index is 1.72. The number of urea groups is 1. The standard InChI is InChI=1S/C18H21ClN2O2/c1-3-14-4-7-16(8-5-14)21-18(22)20-10-11-23-17-9-6-15(19)12-13(17)2/h4-9,12H,3,10-11H2,1-2H3,(H2,20,21,22). The number of aryl methyl sites for hydroxylation is 2. The van der Waals surface area contributed by atoms with Gasteiger partial charge in [0.1, 0.15) is 12.4 Å². The fourth-order valence-corrected chi connectivity index (χ4v) is 2.33. The molecule has 0 aliphatic rings. The molecule has 0 aromatic heterocycles. The number of nitrogens with one attached hydrogen (secondary N) is 2. The lowest BCUT2D eigenvalue weighted by atomic mass is 10.1. The van der Waals surface area contributed by atoms with Crippen molar-refractivity contribution in [3.05, 3.63) is 58.6 Å². The van der Waals surface area contributed by atoms with Gasteiger partial charge in [-0.05, 0) is 54.8 Å². The lowest BCUT2D eigenvalue weighted by molar-refractivity contribution is 0.247. The van der Waals surface area contributed by atoms with E-state index >= 15 is 0 Å². The first-order chi connectivity index (χ1) is 11.1. The van der Waals surface area contributed by atoms with Crippen molar-refractivity contribution in [2.75, 3.05) is 18.5 Å². The first kappa shape index (κ1) is 17.2. The normalized spacial score (nSPS) is 10.2. The van der Waals surface area contributed by atoms with Gasteiger partial charge in [-0.2, -0.15) is 0 Å². The van der Waals surface area contributed by atoms with Crippen LogP contribution in [0.15, 0.2) is 42.5 Å². The third-order valence-corrected chi connectivity index (χ3v) is 3.64. The Hall–Kier alpha value is -2.20. The Morgan fingerprint density at radius 3 is 2.57 bits per heavy atom. The third kappa shape index (κ3) is 5.49. The highest BCUT2D eigenvalue weighted by Gasteiger charge is 2.03. The van der Waals surface area contributed by atoms with Gasteiger partial charge in [0.15, 0.2) is 0 Å². The van der Waals surface area contributed by atoms with Crippen LogP contribution < -0.4 is 15.4 Å². The van der Waals surface area contributed by atoms with Crippen molar-refractivity contribution < 1.29 is 9.53 Å². The molecule has 0 spiro atoms. The molecule has 0 bridgehead atoms. The molecule has 2 N–H and O–H groups in total. The van der Waals surface area contributed by atoms with E-state index in [2.05, 4.69) is 17.6 Å². The van der Waals surface area contributed by atoms with Gasteiger partial charge in [-0.3, -0.25) is 0 Å². The van der Waals surface area contributed by atoms with Crippen LogP contribution in [-0.4, -0.2) is 19.2 Å². The van der Waals surface area contributed by atoms with Crippen molar-refractivity contribution in [3.63, 3.8) is 0 Å². The van der Waals surface area contributed by atoms with Crippen LogP contribution in [0.3, 0.4) is 0 Å². The van der Waals surface area contributed by atoms with Crippen molar-refractivity contribution in [1.82, 2.24) is 5.32 Å². The highest BCUT2D eigenvalue weighted by molar-refractivity contribution is 6.30. The van der Waals surface area contributed by atoms with Crippen LogP contribution in [-0.2, 0) is 6.42 Å². The van der Waals surface area contributed by atoms with E-state index in [9.17, 15) is 4.79 Å². The second-order valence-electron chi connectivity index (χ2n) is 5.19. The highest BCUT2D eigenvalue weighted by atomic mass is 35.5. The maximum absolute atomic E-state index is 11.8. The molecule has 5 heteroatoms. The monoisotopic (exact) mass is 332 g/mol. The van der Waals surface area contributed by atoms with E-state index in [1.165, 1.54) is 5.56 Å². The van der Waals surface area contributed by atoms with E-state index in [4.69, 9.17) is 16.3 Å². The summed E-state index contributed by atoms with van der Waals surface area (Å²) in [4.78, 5) is 11.8. The predicted octanol–water partition coefficient (Wildman–Crippen LogP) is 4.41. The van der Waals surface area contributed by atoms with Crippen LogP contribution in [0, 0.1) is 6.92 Å². The van der Waals surface area contributed by atoms with Gasteiger partial charge < -0.3 is 15.4 Å². The SMILES string of the molecule is CCc1ccc(NC(=O)NCCOc2ccc(Cl)cc2C)cc1. The van der Waals surface area contributed by atoms with Crippen molar-refractivity contribution in [2.45, 2.75) is 20.3 Å². The Morgan fingerprint density at radius 2 is 1.91 bits per heavy atom. The Morgan fingerprint density at radius 1 is 1.17 bits per heavy atom. The molecule has 0 saturated heterocycles. The number of carbonyl (C=O) groups excluding carboxylic acids is 1. The number of hydrogen-bond donors (Lipinski definition) is 2. The van der Waals surface area contributed by atoms with E-state index in [1.54, 1.807) is 6.07 Å². The summed E-state index contributed by atoms with van der Waals surface area (Å²) in [6.45, 7) is 4.84. The molecule has 2 rings (SSSR count). The summed E-state index contributed by atoms with van der Waals surface area (Å²) in [5.41, 5.74) is 2.98. The fraction of sp³-hybridized carbons (Fsp3) is 0.278. The van der Waals surface area contributed by atoms with E-state index in [-0.39, 0.29) is 6.03 Å². The van der Waals surface area contributed by atoms with Gasteiger partial charge in [0.2, 0.25) is 0 Å². The van der Waals surface area contributed by atoms with Gasteiger partial charge in [-0.15, -0.1) is 0 Å². The zero-order valence-corrected chi connectivity index (χ0v) is 14.1. The van der Waals surface area contributed by atoms with Crippen LogP contribution in [0.4, 0.5) is 10.5 Å². The Kier molecular flexibility index (Phi) is 6.29. The van der Waals surface area contributed by atoms with Gasteiger partial charge in [0.25, 0.3) is 0 Å². The van der Waals surface area contributed by atoms with Crippen LogP contribution >= 0.6 is 11.6 Å². The molecular formula is C18H21ClN2O2. The minimum atomic E-state index is -0.245. The number of carbonyl (C=O) groups is 1. The molecule has 0 aliphatic heterocycles. The molecule has 4 nitrogen and oxygen atoms in total. The molecule has 0 radical (unpaired) electrons. The molecule has 0 aliphatic carbocycles. The zero-order valence-electron chi connectivity index (χ0n) is 13.4. The van der Waals surface area contributed by atoms with Gasteiger partial charge in [-0.25, -0.2) is 4.79 Å². The maximum atomic E-state index is 11.8. The quantitative estimate of drug-likeness (QED) is 0.770. The van der Waals surface area contributed by atoms with Crippen molar-refractivity contribution in [2.24, 2.45) is 0 Å². The number of rotatable bonds is 6. The van der Waals surface area contributed by atoms with Crippen molar-refractivity contribution in [1.29, 1.82) is 0 Å². The molecule has 0 atom stereocenters. The molecular weight excluding hydrogens is 312 g/mol. The molecule has 2 aromatic rings. The topological polar surface area (TPSA) is 50.4 Å². The summed E-state index contributed by atoms with van der Waals surface area (Å²) < 4.78 is 5.62. The minimum Gasteiger partial charge on any atom is -0.491 e. The summed E-state index contributed by atoms with van der Waals surface area (Å²) in [5.74, 6) is 0.770. The predicted molar refractivity (Wildman–Crippen MR) is 94.5 cm³/mol. The first-order valence-electron chi connectivity index (χ1n) is 7.61. The lowest BCUT2D eigenvalue weighted by Crippen LogP contribution is -2.32. The molecule has 0 fully saturated rings. The van der Waals surface area contributed by atoms with Gasteiger partial charge in [0.05, 0.1) is 6.54 Å². The summed E-state index contributed by atoms with van der Waals surface area (Å²) in [6, 6.07) is 13.0. The van der Waals surface area contributed by atoms with Crippen LogP contribution in [0.1, 0.15) is 18.1 Å². The number of anilines is 1. The van der Waals surface area contributed by atoms with Gasteiger partial charge in [-0.1, -0.05) is 30.7 Å². The van der Waals surface area contributed by atoms with Crippen molar-refractivity contribution in [3.8, 4) is 5.75 Å². The maximum Gasteiger partial charge on any atom is 0.319 e. The summed E-state index contributed by atoms with van der Waals surface area (Å²) in [5, 5.41) is 6.23. The Bertz CT molecular complexity index is 657. The van der Waals surface area contributed by atoms with Crippen LogP contribution in [0.25, 0.3) is 0 Å². The minimum absolute atomic E-state index is 0.245. The molecule has 23 heavy (non-hydrogen) atoms. The number of hydrogen-bond acceptors (Lipinski definition) is 2. The third-order valence-electron chi connectivity index (χ3n) is 3.40. The second kappa shape index (κ2) is 8.44. The molecule has 0 saturated carbocycles. The molecule has 2 aromatic carbocycles. The largest absolute Gasteiger partial charge is 0.491 e. The van der Waals surface area contributed by atoms with Gasteiger partial charge >= 0.3 is 6.03 Å². The number of ether oxygens (including phenoxy) is 1. The van der Waals surface area contributed by atoms with Crippen molar-refractivity contribution >= 4 is 23.3 Å². The number of halogens is 1. The van der Waals surface area contributed by atoms with E-state index in [1.807, 2.05) is 43.3 Å². The second-order valence-corrected chi connectivity index (χ2v) is 5.63. The first-order valence-corrected chi connectivity index (χ1v) is 7.99. The molecule has 122 valence electrons. The summed E-state index contributed by atoms with van der Waals surface area (Å²) in [7, 11) is 0. The van der Waals surface area contributed by atoms with E-state index in [0.29, 0.717) is 18.2 Å². The average molecular weight is 333 g/mol. The smallest absolute Gasteiger partial charge is 0.319 e. The molecule has 2 amide bonds. The molecule has 0 heterocycles. The fourth-order valence-electron chi connectivity index (χ4n) is 2.10. The average Bonchev–Trinajstić information content (AvgIpc) is 2.54.